The van der Waals surface area contributed by atoms with Gasteiger partial charge in [-0.1, -0.05) is 19.8 Å². The molecular formula is C16H33IN4O2. The lowest BCUT2D eigenvalue weighted by molar-refractivity contribution is -0.127. The van der Waals surface area contributed by atoms with Crippen molar-refractivity contribution in [3.05, 3.63) is 0 Å². The summed E-state index contributed by atoms with van der Waals surface area (Å²) in [6, 6.07) is 0.432. The van der Waals surface area contributed by atoms with E-state index in [4.69, 9.17) is 4.74 Å². The summed E-state index contributed by atoms with van der Waals surface area (Å²) in [6.07, 6.45) is 4.98. The van der Waals surface area contributed by atoms with Gasteiger partial charge in [-0.15, -0.1) is 24.0 Å². The number of aliphatic imine (C=N–C) groups is 1. The maximum atomic E-state index is 11.7. The summed E-state index contributed by atoms with van der Waals surface area (Å²) in [7, 11) is 3.49. The second-order valence-corrected chi connectivity index (χ2v) is 6.09. The quantitative estimate of drug-likeness (QED) is 0.275. The van der Waals surface area contributed by atoms with Crippen molar-refractivity contribution in [2.75, 3.05) is 40.4 Å². The lowest BCUT2D eigenvalue weighted by Gasteiger charge is -2.31. The van der Waals surface area contributed by atoms with Crippen LogP contribution in [-0.2, 0) is 9.53 Å². The van der Waals surface area contributed by atoms with Gasteiger partial charge in [0.25, 0.3) is 0 Å². The Labute approximate surface area is 157 Å². The Morgan fingerprint density at radius 3 is 2.61 bits per heavy atom. The number of guanidine groups is 1. The first-order valence-electron chi connectivity index (χ1n) is 8.37. The van der Waals surface area contributed by atoms with E-state index in [9.17, 15) is 4.79 Å². The van der Waals surface area contributed by atoms with Crippen molar-refractivity contribution in [1.82, 2.24) is 15.5 Å². The van der Waals surface area contributed by atoms with Crippen molar-refractivity contribution in [1.29, 1.82) is 0 Å². The molecule has 136 valence electrons. The van der Waals surface area contributed by atoms with Gasteiger partial charge in [-0.05, 0) is 25.7 Å². The summed E-state index contributed by atoms with van der Waals surface area (Å²) in [5.41, 5.74) is 0. The molecule has 1 amide bonds. The SMILES string of the molecule is CCOCCNC(=NCC(=O)N(C)C)NC1CCCCC1C.I. The largest absolute Gasteiger partial charge is 0.380 e. The minimum Gasteiger partial charge on any atom is -0.380 e. The molecule has 23 heavy (non-hydrogen) atoms. The Hall–Kier alpha value is -0.570. The topological polar surface area (TPSA) is 66.0 Å². The van der Waals surface area contributed by atoms with Gasteiger partial charge in [-0.2, -0.15) is 0 Å². The van der Waals surface area contributed by atoms with E-state index in [-0.39, 0.29) is 36.4 Å². The third kappa shape index (κ3) is 9.34. The van der Waals surface area contributed by atoms with Gasteiger partial charge in [0.2, 0.25) is 5.91 Å². The molecule has 2 N–H and O–H groups in total. The second-order valence-electron chi connectivity index (χ2n) is 6.09. The molecule has 2 atom stereocenters. The average molecular weight is 440 g/mol. The highest BCUT2D eigenvalue weighted by atomic mass is 127. The number of carbonyl (C=O) groups is 1. The van der Waals surface area contributed by atoms with E-state index in [2.05, 4.69) is 22.5 Å². The normalized spacial score (nSPS) is 21.3. The zero-order chi connectivity index (χ0) is 16.4. The zero-order valence-corrected chi connectivity index (χ0v) is 17.3. The van der Waals surface area contributed by atoms with Gasteiger partial charge < -0.3 is 20.3 Å². The number of nitrogens with one attached hydrogen (secondary N) is 2. The number of carbonyl (C=O) groups excluding carboxylic acids is 1. The smallest absolute Gasteiger partial charge is 0.243 e. The Bertz CT molecular complexity index is 364. The maximum Gasteiger partial charge on any atom is 0.243 e. The third-order valence-corrected chi connectivity index (χ3v) is 4.05. The molecule has 0 aromatic rings. The zero-order valence-electron chi connectivity index (χ0n) is 14.9. The number of ether oxygens (including phenoxy) is 1. The molecular weight excluding hydrogens is 407 g/mol. The second kappa shape index (κ2) is 12.8. The van der Waals surface area contributed by atoms with Crippen LogP contribution in [0.3, 0.4) is 0 Å². The standard InChI is InChI=1S/C16H32N4O2.HI/c1-5-22-11-10-17-16(18-12-15(21)20(3)4)19-14-9-7-6-8-13(14)2;/h13-14H,5-12H2,1-4H3,(H2,17,18,19);1H. The van der Waals surface area contributed by atoms with Crippen molar-refractivity contribution in [3.8, 4) is 0 Å². The maximum absolute atomic E-state index is 11.7. The number of nitrogens with zero attached hydrogens (tertiary/aromatic N) is 2. The molecule has 0 saturated heterocycles. The number of amides is 1. The third-order valence-electron chi connectivity index (χ3n) is 4.05. The first kappa shape index (κ1) is 22.4. The summed E-state index contributed by atoms with van der Waals surface area (Å²) >= 11 is 0. The van der Waals surface area contributed by atoms with Crippen molar-refractivity contribution in [2.45, 2.75) is 45.6 Å². The molecule has 0 bridgehead atoms. The van der Waals surface area contributed by atoms with Crippen molar-refractivity contribution in [2.24, 2.45) is 10.9 Å². The molecule has 1 rings (SSSR count). The predicted molar refractivity (Wildman–Crippen MR) is 105 cm³/mol. The summed E-state index contributed by atoms with van der Waals surface area (Å²) in [5, 5.41) is 6.75. The van der Waals surface area contributed by atoms with Gasteiger partial charge >= 0.3 is 0 Å². The minimum atomic E-state index is 0. The highest BCUT2D eigenvalue weighted by Crippen LogP contribution is 2.23. The van der Waals surface area contributed by atoms with Crippen molar-refractivity contribution >= 4 is 35.8 Å². The molecule has 0 aromatic heterocycles. The van der Waals surface area contributed by atoms with Crippen LogP contribution in [0.2, 0.25) is 0 Å². The Balaban J connectivity index is 0.00000484. The van der Waals surface area contributed by atoms with Crippen LogP contribution in [0.4, 0.5) is 0 Å². The van der Waals surface area contributed by atoms with Gasteiger partial charge in [0.1, 0.15) is 6.54 Å². The molecule has 0 heterocycles. The van der Waals surface area contributed by atoms with Crippen LogP contribution in [0.1, 0.15) is 39.5 Å². The summed E-state index contributed by atoms with van der Waals surface area (Å²) in [6.45, 7) is 6.46. The fourth-order valence-corrected chi connectivity index (χ4v) is 2.53. The summed E-state index contributed by atoms with van der Waals surface area (Å²) < 4.78 is 5.34. The van der Waals surface area contributed by atoms with Crippen LogP contribution >= 0.6 is 24.0 Å². The Morgan fingerprint density at radius 2 is 2.00 bits per heavy atom. The summed E-state index contributed by atoms with van der Waals surface area (Å²) in [4.78, 5) is 17.7. The minimum absolute atomic E-state index is 0. The highest BCUT2D eigenvalue weighted by Gasteiger charge is 2.22. The molecule has 1 saturated carbocycles. The first-order chi connectivity index (χ1) is 10.5. The Morgan fingerprint density at radius 1 is 1.30 bits per heavy atom. The lowest BCUT2D eigenvalue weighted by atomic mass is 9.86. The number of hydrogen-bond acceptors (Lipinski definition) is 3. The molecule has 7 heteroatoms. The van der Waals surface area contributed by atoms with E-state index in [1.54, 1.807) is 19.0 Å². The average Bonchev–Trinajstić information content (AvgIpc) is 2.50. The van der Waals surface area contributed by atoms with Crippen LogP contribution in [0.5, 0.6) is 0 Å². The monoisotopic (exact) mass is 440 g/mol. The van der Waals surface area contributed by atoms with E-state index in [0.717, 1.165) is 6.42 Å². The number of likely N-dealkylation sites (N-methyl/N-ethyl adjacent to an activating group) is 1. The van der Waals surface area contributed by atoms with Crippen LogP contribution < -0.4 is 10.6 Å². The van der Waals surface area contributed by atoms with Crippen molar-refractivity contribution in [3.63, 3.8) is 0 Å². The van der Waals surface area contributed by atoms with Crippen LogP contribution in [0.15, 0.2) is 4.99 Å². The first-order valence-corrected chi connectivity index (χ1v) is 8.37. The number of halogens is 1. The van der Waals surface area contributed by atoms with Crippen LogP contribution in [-0.4, -0.2) is 63.2 Å². The molecule has 1 aliphatic rings. The van der Waals surface area contributed by atoms with Crippen molar-refractivity contribution < 1.29 is 9.53 Å². The number of rotatable bonds is 7. The van der Waals surface area contributed by atoms with Gasteiger partial charge in [-0.3, -0.25) is 4.79 Å². The van der Waals surface area contributed by atoms with E-state index >= 15 is 0 Å². The fourth-order valence-electron chi connectivity index (χ4n) is 2.53. The van der Waals surface area contributed by atoms with E-state index < -0.39 is 0 Å². The van der Waals surface area contributed by atoms with Gasteiger partial charge in [0.05, 0.1) is 6.61 Å². The van der Waals surface area contributed by atoms with E-state index in [1.165, 1.54) is 19.3 Å². The van der Waals surface area contributed by atoms with Crippen LogP contribution in [0, 0.1) is 5.92 Å². The van der Waals surface area contributed by atoms with E-state index in [0.29, 0.717) is 37.7 Å². The van der Waals surface area contributed by atoms with Gasteiger partial charge in [0, 0.05) is 33.3 Å². The van der Waals surface area contributed by atoms with Gasteiger partial charge in [-0.25, -0.2) is 4.99 Å². The molecule has 6 nitrogen and oxygen atoms in total. The lowest BCUT2D eigenvalue weighted by Crippen LogP contribution is -2.48. The highest BCUT2D eigenvalue weighted by molar-refractivity contribution is 14.0. The molecule has 0 radical (unpaired) electrons. The predicted octanol–water partition coefficient (Wildman–Crippen LogP) is 1.84. The number of hydrogen-bond donors (Lipinski definition) is 2. The van der Waals surface area contributed by atoms with Gasteiger partial charge in [0.15, 0.2) is 5.96 Å². The molecule has 1 aliphatic carbocycles. The molecule has 0 aliphatic heterocycles. The van der Waals surface area contributed by atoms with E-state index in [1.807, 2.05) is 6.92 Å². The molecule has 0 aromatic carbocycles. The molecule has 2 unspecified atom stereocenters. The van der Waals surface area contributed by atoms with Crippen LogP contribution in [0.25, 0.3) is 0 Å². The molecule has 1 fully saturated rings. The fraction of sp³-hybridized carbons (Fsp3) is 0.875. The Kier molecular flexibility index (Phi) is 12.5. The summed E-state index contributed by atoms with van der Waals surface area (Å²) in [5.74, 6) is 1.36. The molecule has 0 spiro atoms.